The summed E-state index contributed by atoms with van der Waals surface area (Å²) in [5.41, 5.74) is 2.50. The van der Waals surface area contributed by atoms with Crippen molar-refractivity contribution in [2.24, 2.45) is 0 Å². The van der Waals surface area contributed by atoms with Gasteiger partial charge in [0.1, 0.15) is 5.39 Å². The van der Waals surface area contributed by atoms with E-state index in [4.69, 9.17) is 0 Å². The molecule has 0 amide bonds. The number of para-hydroxylation sites is 1. The van der Waals surface area contributed by atoms with Crippen molar-refractivity contribution >= 4 is 32.7 Å². The lowest BCUT2D eigenvalue weighted by molar-refractivity contribution is 0.599. The molecular weight excluding hydrogens is 416 g/mol. The van der Waals surface area contributed by atoms with Crippen LogP contribution in [0.4, 0.5) is 11.6 Å². The van der Waals surface area contributed by atoms with Gasteiger partial charge in [-0.15, -0.1) is 0 Å². The summed E-state index contributed by atoms with van der Waals surface area (Å²) in [4.78, 5) is 19.8. The summed E-state index contributed by atoms with van der Waals surface area (Å²) in [5.74, 6) is 0.491. The van der Waals surface area contributed by atoms with Crippen molar-refractivity contribution in [2.45, 2.75) is 13.0 Å². The van der Waals surface area contributed by atoms with Gasteiger partial charge in [0, 0.05) is 13.1 Å². The number of nitrogens with zero attached hydrogens (tertiary/aromatic N) is 4. The summed E-state index contributed by atoms with van der Waals surface area (Å²) >= 11 is 0. The molecule has 0 radical (unpaired) electrons. The van der Waals surface area contributed by atoms with Crippen LogP contribution in [-0.4, -0.2) is 40.5 Å². The molecule has 0 atom stereocenters. The molecule has 1 fully saturated rings. The van der Waals surface area contributed by atoms with Crippen LogP contribution in [0.1, 0.15) is 12.0 Å². The molecule has 3 heterocycles. The molecule has 1 saturated heterocycles. The molecule has 9 nitrogen and oxygen atoms in total. The third-order valence-electron chi connectivity index (χ3n) is 5.20. The summed E-state index contributed by atoms with van der Waals surface area (Å²) in [6, 6.07) is 16.8. The first-order valence-electron chi connectivity index (χ1n) is 9.88. The van der Waals surface area contributed by atoms with Crippen LogP contribution in [0.5, 0.6) is 0 Å². The smallest absolute Gasteiger partial charge is 0.263 e. The van der Waals surface area contributed by atoms with E-state index >= 15 is 0 Å². The Morgan fingerprint density at radius 3 is 2.65 bits per heavy atom. The van der Waals surface area contributed by atoms with Gasteiger partial charge in [0.25, 0.3) is 5.56 Å². The zero-order valence-electron chi connectivity index (χ0n) is 16.5. The first kappa shape index (κ1) is 19.3. The Labute approximate surface area is 178 Å². The average Bonchev–Trinajstić information content (AvgIpc) is 3.36. The van der Waals surface area contributed by atoms with Crippen molar-refractivity contribution in [2.75, 3.05) is 21.9 Å². The van der Waals surface area contributed by atoms with Crippen LogP contribution in [0.15, 0.2) is 65.6 Å². The zero-order valence-corrected chi connectivity index (χ0v) is 17.3. The highest BCUT2D eigenvalue weighted by molar-refractivity contribution is 7.93. The number of hydrogen-bond acceptors (Lipinski definition) is 6. The second-order valence-corrected chi connectivity index (χ2v) is 9.32. The summed E-state index contributed by atoms with van der Waals surface area (Å²) in [5, 5.41) is 7.82. The summed E-state index contributed by atoms with van der Waals surface area (Å²) in [6.45, 7) is 0.865. The Kier molecular flexibility index (Phi) is 4.70. The van der Waals surface area contributed by atoms with Crippen LogP contribution in [0, 0.1) is 0 Å². The minimum absolute atomic E-state index is 0.176. The van der Waals surface area contributed by atoms with Crippen molar-refractivity contribution in [3.8, 4) is 5.69 Å². The fraction of sp³-hybridized carbons (Fsp3) is 0.190. The molecule has 10 heteroatoms. The van der Waals surface area contributed by atoms with Crippen molar-refractivity contribution in [1.82, 2.24) is 19.7 Å². The SMILES string of the molecule is O=c1[nH]c(NCc2cccc(N3CCCS3(=O)=O)c2)nc2c1cnn2-c1ccccc1. The Morgan fingerprint density at radius 1 is 1.06 bits per heavy atom. The molecule has 0 spiro atoms. The van der Waals surface area contributed by atoms with E-state index in [2.05, 4.69) is 20.4 Å². The fourth-order valence-corrected chi connectivity index (χ4v) is 5.25. The zero-order chi connectivity index (χ0) is 21.4. The van der Waals surface area contributed by atoms with Crippen molar-refractivity contribution in [1.29, 1.82) is 0 Å². The molecule has 1 aliphatic heterocycles. The van der Waals surface area contributed by atoms with Crippen molar-refractivity contribution in [3.05, 3.63) is 76.7 Å². The van der Waals surface area contributed by atoms with E-state index in [0.29, 0.717) is 42.2 Å². The Bertz CT molecular complexity index is 1410. The van der Waals surface area contributed by atoms with E-state index in [1.165, 1.54) is 10.5 Å². The summed E-state index contributed by atoms with van der Waals surface area (Å²) in [7, 11) is -3.24. The largest absolute Gasteiger partial charge is 0.352 e. The number of nitrogens with one attached hydrogen (secondary N) is 2. The first-order valence-corrected chi connectivity index (χ1v) is 11.5. The van der Waals surface area contributed by atoms with Gasteiger partial charge in [-0.3, -0.25) is 14.1 Å². The molecule has 4 aromatic rings. The monoisotopic (exact) mass is 436 g/mol. The van der Waals surface area contributed by atoms with Gasteiger partial charge in [0.05, 0.1) is 23.3 Å². The molecule has 0 unspecified atom stereocenters. The van der Waals surface area contributed by atoms with Gasteiger partial charge in [-0.2, -0.15) is 10.1 Å². The Balaban J connectivity index is 1.42. The minimum Gasteiger partial charge on any atom is -0.352 e. The number of benzene rings is 2. The quantitative estimate of drug-likeness (QED) is 0.496. The molecule has 1 aliphatic rings. The van der Waals surface area contributed by atoms with E-state index in [0.717, 1.165) is 11.3 Å². The van der Waals surface area contributed by atoms with Crippen LogP contribution < -0.4 is 15.2 Å². The van der Waals surface area contributed by atoms with Crippen LogP contribution in [0.2, 0.25) is 0 Å². The highest BCUT2D eigenvalue weighted by atomic mass is 32.2. The topological polar surface area (TPSA) is 113 Å². The predicted molar refractivity (Wildman–Crippen MR) is 119 cm³/mol. The predicted octanol–water partition coefficient (Wildman–Crippen LogP) is 2.26. The Hall–Kier alpha value is -3.66. The van der Waals surface area contributed by atoms with Gasteiger partial charge in [-0.25, -0.2) is 13.1 Å². The number of aromatic nitrogens is 4. The molecule has 0 bridgehead atoms. The van der Waals surface area contributed by atoms with Crippen LogP contribution in [0.25, 0.3) is 16.7 Å². The highest BCUT2D eigenvalue weighted by Gasteiger charge is 2.28. The van der Waals surface area contributed by atoms with E-state index in [1.807, 2.05) is 48.5 Å². The standard InChI is InChI=1S/C21H20N6O3S/c28-20-18-14-23-27(16-7-2-1-3-8-16)19(18)24-21(25-20)22-13-15-6-4-9-17(12-15)26-10-5-11-31(26,29)30/h1-4,6-9,12,14H,5,10-11,13H2,(H2,22,24,25,28). The number of rotatable bonds is 5. The first-order chi connectivity index (χ1) is 15.0. The van der Waals surface area contributed by atoms with E-state index in [1.54, 1.807) is 10.7 Å². The second-order valence-electron chi connectivity index (χ2n) is 7.31. The van der Waals surface area contributed by atoms with Crippen LogP contribution >= 0.6 is 0 Å². The van der Waals surface area contributed by atoms with Gasteiger partial charge >= 0.3 is 0 Å². The number of anilines is 2. The van der Waals surface area contributed by atoms with Gasteiger partial charge in [0.15, 0.2) is 5.65 Å². The van der Waals surface area contributed by atoms with Crippen molar-refractivity contribution < 1.29 is 8.42 Å². The van der Waals surface area contributed by atoms with Crippen LogP contribution in [0.3, 0.4) is 0 Å². The molecule has 5 rings (SSSR count). The fourth-order valence-electron chi connectivity index (χ4n) is 3.70. The van der Waals surface area contributed by atoms with E-state index < -0.39 is 10.0 Å². The Morgan fingerprint density at radius 2 is 1.87 bits per heavy atom. The molecule has 2 aromatic carbocycles. The molecular formula is C21H20N6O3S. The summed E-state index contributed by atoms with van der Waals surface area (Å²) in [6.07, 6.45) is 2.13. The third-order valence-corrected chi connectivity index (χ3v) is 7.07. The maximum Gasteiger partial charge on any atom is 0.263 e. The van der Waals surface area contributed by atoms with Gasteiger partial charge in [0.2, 0.25) is 16.0 Å². The number of aromatic amines is 1. The van der Waals surface area contributed by atoms with Gasteiger partial charge in [-0.05, 0) is 36.2 Å². The lowest BCUT2D eigenvalue weighted by Gasteiger charge is -2.17. The molecule has 2 aromatic heterocycles. The molecule has 2 N–H and O–H groups in total. The minimum atomic E-state index is -3.24. The average molecular weight is 436 g/mol. The highest BCUT2D eigenvalue weighted by Crippen LogP contribution is 2.25. The lowest BCUT2D eigenvalue weighted by atomic mass is 10.2. The normalized spacial score (nSPS) is 15.4. The number of hydrogen-bond donors (Lipinski definition) is 2. The van der Waals surface area contributed by atoms with Gasteiger partial charge < -0.3 is 5.32 Å². The third kappa shape index (κ3) is 3.66. The van der Waals surface area contributed by atoms with Gasteiger partial charge in [-0.1, -0.05) is 30.3 Å². The van der Waals surface area contributed by atoms with E-state index in [-0.39, 0.29) is 11.3 Å². The molecule has 0 aliphatic carbocycles. The van der Waals surface area contributed by atoms with Crippen molar-refractivity contribution in [3.63, 3.8) is 0 Å². The number of H-pyrrole nitrogens is 1. The number of sulfonamides is 1. The maximum atomic E-state index is 12.5. The molecule has 31 heavy (non-hydrogen) atoms. The number of fused-ring (bicyclic) bond motifs is 1. The lowest BCUT2D eigenvalue weighted by Crippen LogP contribution is -2.25. The van der Waals surface area contributed by atoms with E-state index in [9.17, 15) is 13.2 Å². The van der Waals surface area contributed by atoms with Crippen LogP contribution in [-0.2, 0) is 16.6 Å². The molecule has 0 saturated carbocycles. The molecule has 158 valence electrons. The summed E-state index contributed by atoms with van der Waals surface area (Å²) < 4.78 is 27.4. The second kappa shape index (κ2) is 7.55. The maximum absolute atomic E-state index is 12.5.